The number of rotatable bonds is 9. The second-order valence-electron chi connectivity index (χ2n) is 18.1. The highest BCUT2D eigenvalue weighted by molar-refractivity contribution is 5.90. The summed E-state index contributed by atoms with van der Waals surface area (Å²) in [6.45, 7) is 23.4. The van der Waals surface area contributed by atoms with Crippen molar-refractivity contribution in [3.8, 4) is 0 Å². The molecule has 6 aromatic rings. The lowest BCUT2D eigenvalue weighted by atomic mass is 9.58. The van der Waals surface area contributed by atoms with Crippen LogP contribution in [0.3, 0.4) is 0 Å². The largest absolute Gasteiger partial charge is 0.316 e. The first-order chi connectivity index (χ1) is 29.2. The molecule has 0 aliphatic carbocycles. The monoisotopic (exact) mass is 789 g/mol. The molecule has 4 aliphatic rings. The van der Waals surface area contributed by atoms with Crippen molar-refractivity contribution in [3.63, 3.8) is 0 Å². The van der Waals surface area contributed by atoms with Crippen molar-refractivity contribution in [2.45, 2.75) is 89.9 Å². The molecule has 6 heterocycles. The van der Waals surface area contributed by atoms with Gasteiger partial charge in [0.2, 0.25) is 0 Å². The number of benzene rings is 4. The second-order valence-corrected chi connectivity index (χ2v) is 18.1. The number of para-hydroxylation sites is 4. The van der Waals surface area contributed by atoms with Crippen molar-refractivity contribution >= 4 is 45.9 Å². The summed E-state index contributed by atoms with van der Waals surface area (Å²) < 4.78 is 0. The first kappa shape index (κ1) is 38.0. The van der Waals surface area contributed by atoms with Crippen molar-refractivity contribution in [1.82, 2.24) is 15.0 Å². The summed E-state index contributed by atoms with van der Waals surface area (Å²) in [5.41, 5.74) is 10.4. The van der Waals surface area contributed by atoms with Gasteiger partial charge in [-0.05, 0) is 83.3 Å². The minimum atomic E-state index is -0.411. The molecule has 302 valence electrons. The van der Waals surface area contributed by atoms with E-state index in [1.807, 2.05) is 18.6 Å². The number of nitrogens with zero attached hydrogens (tertiary/aromatic N) is 7. The molecule has 0 amide bonds. The third-order valence-corrected chi connectivity index (χ3v) is 14.5. The predicted octanol–water partition coefficient (Wildman–Crippen LogP) is 13.2. The van der Waals surface area contributed by atoms with Gasteiger partial charge in [-0.15, -0.1) is 13.2 Å². The smallest absolute Gasteiger partial charge is 0.178 e. The Morgan fingerprint density at radius 3 is 1.75 bits per heavy atom. The van der Waals surface area contributed by atoms with Crippen LogP contribution in [-0.2, 0) is 5.41 Å². The highest BCUT2D eigenvalue weighted by atomic mass is 15.5. The lowest BCUT2D eigenvalue weighted by molar-refractivity contribution is 0.161. The molecular weight excluding hydrogens is 735 g/mol. The first-order valence-corrected chi connectivity index (χ1v) is 21.7. The van der Waals surface area contributed by atoms with Crippen molar-refractivity contribution in [1.29, 1.82) is 0 Å². The van der Waals surface area contributed by atoms with Gasteiger partial charge in [0, 0.05) is 64.0 Å². The number of pyridine rings is 1. The zero-order chi connectivity index (χ0) is 41.5. The molecular formula is C53H55N7. The van der Waals surface area contributed by atoms with E-state index < -0.39 is 5.41 Å². The Morgan fingerprint density at radius 1 is 0.583 bits per heavy atom. The van der Waals surface area contributed by atoms with Crippen LogP contribution in [0.5, 0.6) is 0 Å². The molecule has 0 spiro atoms. The standard InChI is InChI=1S/C53H55N7/c1-9-40-39-22-13-17-26-44(39)57-46-28-19-31-54-47(46)60(43-25-16-12-21-38(43)35(5)6)51(57)52(40,8)29-30-53(10-2)36(7)50-58(42-24-15-11-20-37(42)34(3)4)48-49(56-33-32-55-48)59(50)45-27-18-14-23-41(45)53/h9-28,31-36,40,50-51H,1-2,29-30H2,3-8H3. The molecule has 4 aliphatic heterocycles. The fourth-order valence-corrected chi connectivity index (χ4v) is 11.6. The summed E-state index contributed by atoms with van der Waals surface area (Å²) in [7, 11) is 0. The third-order valence-electron chi connectivity index (χ3n) is 14.5. The summed E-state index contributed by atoms with van der Waals surface area (Å²) >= 11 is 0. The first-order valence-electron chi connectivity index (χ1n) is 21.7. The number of anilines is 8. The van der Waals surface area contributed by atoms with Gasteiger partial charge in [0.1, 0.15) is 12.3 Å². The molecule has 4 aromatic carbocycles. The molecule has 0 saturated heterocycles. The van der Waals surface area contributed by atoms with Crippen LogP contribution < -0.4 is 19.6 Å². The Labute approximate surface area is 355 Å². The van der Waals surface area contributed by atoms with Crippen LogP contribution in [0.1, 0.15) is 94.4 Å². The van der Waals surface area contributed by atoms with Gasteiger partial charge in [0.15, 0.2) is 17.5 Å². The molecule has 0 fully saturated rings. The van der Waals surface area contributed by atoms with Crippen LogP contribution in [-0.4, -0.2) is 27.3 Å². The maximum absolute atomic E-state index is 5.18. The van der Waals surface area contributed by atoms with Crippen molar-refractivity contribution < 1.29 is 0 Å². The Hall–Kier alpha value is -6.21. The number of allylic oxidation sites excluding steroid dienone is 2. The third kappa shape index (κ3) is 5.23. The van der Waals surface area contributed by atoms with E-state index in [-0.39, 0.29) is 29.6 Å². The van der Waals surface area contributed by atoms with Gasteiger partial charge in [0.05, 0.1) is 5.69 Å². The van der Waals surface area contributed by atoms with E-state index in [2.05, 4.69) is 189 Å². The summed E-state index contributed by atoms with van der Waals surface area (Å²) in [5.74, 6) is 3.58. The van der Waals surface area contributed by atoms with Gasteiger partial charge in [-0.3, -0.25) is 0 Å². The van der Waals surface area contributed by atoms with E-state index in [1.54, 1.807) is 0 Å². The number of fused-ring (bicyclic) bond motifs is 10. The average molecular weight is 790 g/mol. The van der Waals surface area contributed by atoms with E-state index in [1.165, 1.54) is 39.3 Å². The Morgan fingerprint density at radius 2 is 1.12 bits per heavy atom. The van der Waals surface area contributed by atoms with Crippen LogP contribution in [0.4, 0.5) is 45.9 Å². The fourth-order valence-electron chi connectivity index (χ4n) is 11.6. The van der Waals surface area contributed by atoms with E-state index >= 15 is 0 Å². The molecule has 0 saturated carbocycles. The molecule has 0 N–H and O–H groups in total. The highest BCUT2D eigenvalue weighted by Gasteiger charge is 2.59. The van der Waals surface area contributed by atoms with Gasteiger partial charge in [0.25, 0.3) is 0 Å². The normalized spacial score (nSPS) is 24.7. The van der Waals surface area contributed by atoms with Gasteiger partial charge < -0.3 is 19.6 Å². The molecule has 10 rings (SSSR count). The van der Waals surface area contributed by atoms with Crippen molar-refractivity contribution in [2.24, 2.45) is 11.3 Å². The highest BCUT2D eigenvalue weighted by Crippen LogP contribution is 2.65. The fraction of sp³-hybridized carbons (Fsp3) is 0.302. The Bertz CT molecular complexity index is 2630. The average Bonchev–Trinajstić information content (AvgIpc) is 3.82. The molecule has 0 radical (unpaired) electrons. The van der Waals surface area contributed by atoms with Gasteiger partial charge in [-0.25, -0.2) is 15.0 Å². The predicted molar refractivity (Wildman–Crippen MR) is 248 cm³/mol. The Balaban J connectivity index is 1.16. The minimum Gasteiger partial charge on any atom is -0.316 e. The zero-order valence-electron chi connectivity index (χ0n) is 35.7. The topological polar surface area (TPSA) is 51.6 Å². The molecule has 60 heavy (non-hydrogen) atoms. The SMILES string of the molecule is C=CC1c2ccccc2N2c3cccnc3N(c3ccccc3C(C)C)C2C1(C)CCC1(C=C)c2ccccc2N2c3nccnc3N(c3ccccc3C(C)C)C2C1C. The molecule has 7 nitrogen and oxygen atoms in total. The van der Waals surface area contributed by atoms with E-state index in [0.717, 1.165) is 41.7 Å². The van der Waals surface area contributed by atoms with Crippen LogP contribution in [0.2, 0.25) is 0 Å². The van der Waals surface area contributed by atoms with Crippen molar-refractivity contribution in [2.75, 3.05) is 19.6 Å². The number of hydrogen-bond donors (Lipinski definition) is 0. The van der Waals surface area contributed by atoms with E-state index in [9.17, 15) is 0 Å². The van der Waals surface area contributed by atoms with Gasteiger partial charge in [-0.1, -0.05) is 126 Å². The molecule has 6 unspecified atom stereocenters. The summed E-state index contributed by atoms with van der Waals surface area (Å²) in [6.07, 6.45) is 11.7. The van der Waals surface area contributed by atoms with E-state index in [4.69, 9.17) is 21.5 Å². The maximum atomic E-state index is 5.18. The second kappa shape index (κ2) is 14.2. The lowest BCUT2D eigenvalue weighted by Gasteiger charge is -2.56. The van der Waals surface area contributed by atoms with Crippen LogP contribution in [0, 0.1) is 11.3 Å². The van der Waals surface area contributed by atoms with Crippen molar-refractivity contribution in [3.05, 3.63) is 175 Å². The number of aromatic nitrogens is 3. The maximum Gasteiger partial charge on any atom is 0.178 e. The lowest BCUT2D eigenvalue weighted by Crippen LogP contribution is -2.58. The minimum absolute atomic E-state index is 0.0593. The summed E-state index contributed by atoms with van der Waals surface area (Å²) in [6, 6.07) is 40.0. The molecule has 0 bridgehead atoms. The summed E-state index contributed by atoms with van der Waals surface area (Å²) in [4.78, 5) is 25.4. The molecule has 7 heteroatoms. The summed E-state index contributed by atoms with van der Waals surface area (Å²) in [5, 5.41) is 0. The quantitative estimate of drug-likeness (QED) is 0.135. The molecule has 6 atom stereocenters. The van der Waals surface area contributed by atoms with Gasteiger partial charge >= 0.3 is 0 Å². The van der Waals surface area contributed by atoms with Crippen LogP contribution in [0.25, 0.3) is 0 Å². The van der Waals surface area contributed by atoms with Crippen LogP contribution in [0.15, 0.2) is 153 Å². The van der Waals surface area contributed by atoms with Crippen LogP contribution >= 0.6 is 0 Å². The Kier molecular flexibility index (Phi) is 9.01. The molecule has 2 aromatic heterocycles. The number of hydrogen-bond acceptors (Lipinski definition) is 7. The zero-order valence-corrected chi connectivity index (χ0v) is 35.7. The van der Waals surface area contributed by atoms with E-state index in [0.29, 0.717) is 11.8 Å². The van der Waals surface area contributed by atoms with Gasteiger partial charge in [-0.2, -0.15) is 0 Å².